The van der Waals surface area contributed by atoms with E-state index >= 15 is 0 Å². The van der Waals surface area contributed by atoms with E-state index in [1.54, 1.807) is 13.1 Å². The largest absolute Gasteiger partial charge is 0.573 e. The minimum absolute atomic E-state index is 0.179. The van der Waals surface area contributed by atoms with Crippen molar-refractivity contribution in [1.82, 2.24) is 4.98 Å². The van der Waals surface area contributed by atoms with Gasteiger partial charge in [-0.25, -0.2) is 0 Å². The molecule has 0 saturated carbocycles. The van der Waals surface area contributed by atoms with E-state index in [4.69, 9.17) is 0 Å². The maximum Gasteiger partial charge on any atom is 0.573 e. The number of alkyl halides is 3. The van der Waals surface area contributed by atoms with Gasteiger partial charge in [0.05, 0.1) is 5.69 Å². The first kappa shape index (κ1) is 11.8. The first-order chi connectivity index (χ1) is 6.85. The monoisotopic (exact) mass is 219 g/mol. The number of ether oxygens (including phenoxy) is 1. The van der Waals surface area contributed by atoms with Crippen molar-refractivity contribution in [2.75, 3.05) is 0 Å². The Balaban J connectivity index is 3.15. The summed E-state index contributed by atoms with van der Waals surface area (Å²) in [6.45, 7) is 4.96. The van der Waals surface area contributed by atoms with Gasteiger partial charge in [-0.05, 0) is 31.4 Å². The fourth-order valence-corrected chi connectivity index (χ4v) is 1.37. The zero-order valence-electron chi connectivity index (χ0n) is 8.77. The molecule has 1 aromatic heterocycles. The van der Waals surface area contributed by atoms with Crippen LogP contribution in [0, 0.1) is 13.8 Å². The minimum atomic E-state index is -4.66. The molecule has 0 N–H and O–H groups in total. The van der Waals surface area contributed by atoms with Gasteiger partial charge in [-0.2, -0.15) is 0 Å². The molecule has 0 aliphatic rings. The fraction of sp³-hybridized carbons (Fsp3) is 0.500. The second-order valence-electron chi connectivity index (χ2n) is 3.22. The number of hydrogen-bond donors (Lipinski definition) is 0. The molecule has 0 atom stereocenters. The summed E-state index contributed by atoms with van der Waals surface area (Å²) in [7, 11) is 0. The lowest BCUT2D eigenvalue weighted by molar-refractivity contribution is -0.275. The van der Waals surface area contributed by atoms with Crippen LogP contribution in [0.15, 0.2) is 6.20 Å². The van der Waals surface area contributed by atoms with Crippen LogP contribution in [0.4, 0.5) is 13.2 Å². The molecule has 0 spiro atoms. The molecular formula is C10H12F3NO. The van der Waals surface area contributed by atoms with E-state index in [9.17, 15) is 13.2 Å². The Bertz CT molecular complexity index is 360. The highest BCUT2D eigenvalue weighted by atomic mass is 19.4. The number of rotatable bonds is 2. The Morgan fingerprint density at radius 1 is 1.33 bits per heavy atom. The summed E-state index contributed by atoms with van der Waals surface area (Å²) in [5, 5.41) is 0. The third kappa shape index (κ3) is 2.84. The highest BCUT2D eigenvalue weighted by Gasteiger charge is 2.33. The Hall–Kier alpha value is -1.26. The number of aromatic nitrogens is 1. The van der Waals surface area contributed by atoms with Crippen LogP contribution in [0.25, 0.3) is 0 Å². The molecule has 0 aliphatic carbocycles. The van der Waals surface area contributed by atoms with Gasteiger partial charge in [0.25, 0.3) is 0 Å². The van der Waals surface area contributed by atoms with Crippen LogP contribution in [0.5, 0.6) is 5.75 Å². The predicted octanol–water partition coefficient (Wildman–Crippen LogP) is 3.16. The molecule has 0 saturated heterocycles. The van der Waals surface area contributed by atoms with E-state index in [1.165, 1.54) is 6.92 Å². The summed E-state index contributed by atoms with van der Waals surface area (Å²) in [6.07, 6.45) is -2.45. The van der Waals surface area contributed by atoms with E-state index in [-0.39, 0.29) is 11.4 Å². The standard InChI is InChI=1S/C10H12F3NO/c1-4-8-5-14-7(3)9(6(8)2)15-10(11,12)13/h5H,4H2,1-3H3. The molecule has 0 radical (unpaired) electrons. The van der Waals surface area contributed by atoms with Crippen molar-refractivity contribution in [3.63, 3.8) is 0 Å². The van der Waals surface area contributed by atoms with Crippen LogP contribution in [-0.2, 0) is 6.42 Å². The van der Waals surface area contributed by atoms with E-state index in [1.807, 2.05) is 6.92 Å². The molecule has 0 bridgehead atoms. The van der Waals surface area contributed by atoms with Gasteiger partial charge in [-0.1, -0.05) is 6.92 Å². The number of aryl methyl sites for hydroxylation is 2. The minimum Gasteiger partial charge on any atom is -0.404 e. The lowest BCUT2D eigenvalue weighted by Gasteiger charge is -2.15. The molecule has 1 heterocycles. The van der Waals surface area contributed by atoms with Gasteiger partial charge < -0.3 is 4.74 Å². The summed E-state index contributed by atoms with van der Waals surface area (Å²) in [5.74, 6) is -0.179. The van der Waals surface area contributed by atoms with Crippen molar-refractivity contribution >= 4 is 0 Å². The third-order valence-corrected chi connectivity index (χ3v) is 2.16. The maximum atomic E-state index is 12.1. The molecule has 84 valence electrons. The predicted molar refractivity (Wildman–Crippen MR) is 49.8 cm³/mol. The van der Waals surface area contributed by atoms with Gasteiger partial charge >= 0.3 is 6.36 Å². The van der Waals surface area contributed by atoms with E-state index in [0.29, 0.717) is 12.0 Å². The highest BCUT2D eigenvalue weighted by Crippen LogP contribution is 2.30. The molecule has 5 heteroatoms. The number of hydrogen-bond acceptors (Lipinski definition) is 2. The zero-order chi connectivity index (χ0) is 11.6. The summed E-state index contributed by atoms with van der Waals surface area (Å²) < 4.78 is 40.2. The van der Waals surface area contributed by atoms with Crippen LogP contribution < -0.4 is 4.74 Å². The van der Waals surface area contributed by atoms with E-state index in [2.05, 4.69) is 9.72 Å². The van der Waals surface area contributed by atoms with Crippen LogP contribution in [0.2, 0.25) is 0 Å². The molecule has 0 aromatic carbocycles. The SMILES string of the molecule is CCc1cnc(C)c(OC(F)(F)F)c1C. The average molecular weight is 219 g/mol. The quantitative estimate of drug-likeness (QED) is 0.762. The van der Waals surface area contributed by atoms with Crippen LogP contribution in [-0.4, -0.2) is 11.3 Å². The molecule has 0 unspecified atom stereocenters. The summed E-state index contributed by atoms with van der Waals surface area (Å²) in [4.78, 5) is 3.87. The Morgan fingerprint density at radius 3 is 2.40 bits per heavy atom. The summed E-state index contributed by atoms with van der Waals surface area (Å²) in [5.41, 5.74) is 1.52. The molecule has 0 fully saturated rings. The number of pyridine rings is 1. The van der Waals surface area contributed by atoms with Crippen molar-refractivity contribution < 1.29 is 17.9 Å². The topological polar surface area (TPSA) is 22.1 Å². The van der Waals surface area contributed by atoms with Gasteiger partial charge in [0.2, 0.25) is 0 Å². The smallest absolute Gasteiger partial charge is 0.404 e. The molecule has 1 rings (SSSR count). The van der Waals surface area contributed by atoms with Gasteiger partial charge in [0.1, 0.15) is 0 Å². The van der Waals surface area contributed by atoms with E-state index < -0.39 is 6.36 Å². The maximum absolute atomic E-state index is 12.1. The summed E-state index contributed by atoms with van der Waals surface area (Å²) in [6, 6.07) is 0. The molecule has 15 heavy (non-hydrogen) atoms. The average Bonchev–Trinajstić information content (AvgIpc) is 2.11. The molecular weight excluding hydrogens is 207 g/mol. The van der Waals surface area contributed by atoms with Crippen molar-refractivity contribution in [2.24, 2.45) is 0 Å². The normalized spacial score (nSPS) is 11.6. The number of nitrogens with zero attached hydrogens (tertiary/aromatic N) is 1. The Kier molecular flexibility index (Phi) is 3.21. The molecule has 0 amide bonds. The lowest BCUT2D eigenvalue weighted by atomic mass is 10.1. The first-order valence-corrected chi connectivity index (χ1v) is 4.56. The first-order valence-electron chi connectivity index (χ1n) is 4.56. The zero-order valence-corrected chi connectivity index (χ0v) is 8.77. The summed E-state index contributed by atoms with van der Waals surface area (Å²) >= 11 is 0. The Labute approximate surface area is 86.1 Å². The second-order valence-corrected chi connectivity index (χ2v) is 3.22. The van der Waals surface area contributed by atoms with Gasteiger partial charge in [0.15, 0.2) is 5.75 Å². The van der Waals surface area contributed by atoms with Crippen LogP contribution in [0.1, 0.15) is 23.7 Å². The van der Waals surface area contributed by atoms with Crippen molar-refractivity contribution in [2.45, 2.75) is 33.6 Å². The van der Waals surface area contributed by atoms with Crippen molar-refractivity contribution in [1.29, 1.82) is 0 Å². The van der Waals surface area contributed by atoms with E-state index in [0.717, 1.165) is 5.56 Å². The molecule has 0 aliphatic heterocycles. The lowest BCUT2D eigenvalue weighted by Crippen LogP contribution is -2.19. The second kappa shape index (κ2) is 4.08. The number of halogens is 3. The molecule has 1 aromatic rings. The fourth-order valence-electron chi connectivity index (χ4n) is 1.37. The molecule has 2 nitrogen and oxygen atoms in total. The highest BCUT2D eigenvalue weighted by molar-refractivity contribution is 5.40. The van der Waals surface area contributed by atoms with Crippen LogP contribution >= 0.6 is 0 Å². The third-order valence-electron chi connectivity index (χ3n) is 2.16. The Morgan fingerprint density at radius 2 is 1.93 bits per heavy atom. The van der Waals surface area contributed by atoms with Crippen molar-refractivity contribution in [3.05, 3.63) is 23.0 Å². The van der Waals surface area contributed by atoms with Crippen LogP contribution in [0.3, 0.4) is 0 Å². The van der Waals surface area contributed by atoms with Gasteiger partial charge in [-0.3, -0.25) is 4.98 Å². The van der Waals surface area contributed by atoms with Gasteiger partial charge in [-0.15, -0.1) is 13.2 Å². The van der Waals surface area contributed by atoms with Gasteiger partial charge in [0, 0.05) is 6.20 Å². The van der Waals surface area contributed by atoms with Crippen molar-refractivity contribution in [3.8, 4) is 5.75 Å².